The molecule has 1 aliphatic heterocycles. The molecule has 0 radical (unpaired) electrons. The van der Waals surface area contributed by atoms with E-state index in [4.69, 9.17) is 4.74 Å². The molecule has 0 saturated carbocycles. The first kappa shape index (κ1) is 8.91. The maximum Gasteiger partial charge on any atom is 0.122 e. The zero-order valence-electron chi connectivity index (χ0n) is 7.50. The van der Waals surface area contributed by atoms with Crippen LogP contribution in [0.4, 0.5) is 4.39 Å². The highest BCUT2D eigenvalue weighted by Gasteiger charge is 2.18. The van der Waals surface area contributed by atoms with Crippen molar-refractivity contribution >= 4 is 0 Å². The van der Waals surface area contributed by atoms with E-state index in [-0.39, 0.29) is 6.04 Å². The monoisotopic (exact) mass is 183 g/mol. The maximum absolute atomic E-state index is 12.7. The minimum absolute atomic E-state index is 0.262. The highest BCUT2D eigenvalue weighted by atomic mass is 19.1. The van der Waals surface area contributed by atoms with Gasteiger partial charge >= 0.3 is 0 Å². The average Bonchev–Trinajstić information content (AvgIpc) is 2.20. The molecule has 1 heterocycles. The van der Waals surface area contributed by atoms with Crippen LogP contribution in [0.5, 0.6) is 0 Å². The van der Waals surface area contributed by atoms with Crippen LogP contribution in [0.3, 0.4) is 0 Å². The van der Waals surface area contributed by atoms with Crippen molar-refractivity contribution in [2.75, 3.05) is 19.8 Å². The smallest absolute Gasteiger partial charge is 0.122 e. The lowest BCUT2D eigenvalue weighted by Crippen LogP contribution is -2.42. The van der Waals surface area contributed by atoms with Gasteiger partial charge in [-0.15, -0.1) is 0 Å². The van der Waals surface area contributed by atoms with E-state index in [1.165, 1.54) is 0 Å². The van der Waals surface area contributed by atoms with Gasteiger partial charge in [0.25, 0.3) is 0 Å². The van der Waals surface area contributed by atoms with E-state index in [2.05, 4.69) is 5.32 Å². The third-order valence-corrected chi connectivity index (χ3v) is 2.40. The molecule has 2 nitrogen and oxygen atoms in total. The Kier molecular flexibility index (Phi) is 2.76. The number of alkyl halides is 1. The molecule has 2 rings (SSSR count). The molecule has 0 amide bonds. The molecule has 0 spiro atoms. The number of allylic oxidation sites excluding steroid dienone is 2. The van der Waals surface area contributed by atoms with Crippen molar-refractivity contribution in [3.05, 3.63) is 23.8 Å². The van der Waals surface area contributed by atoms with Crippen molar-refractivity contribution in [1.82, 2.24) is 5.32 Å². The summed E-state index contributed by atoms with van der Waals surface area (Å²) in [7, 11) is 0. The number of ether oxygens (including phenoxy) is 1. The molecule has 1 aliphatic carbocycles. The second-order valence-electron chi connectivity index (χ2n) is 3.40. The number of halogens is 1. The quantitative estimate of drug-likeness (QED) is 0.659. The predicted octanol–water partition coefficient (Wildman–Crippen LogP) is 1.20. The number of rotatable bonds is 1. The van der Waals surface area contributed by atoms with Gasteiger partial charge in [-0.25, -0.2) is 4.39 Å². The molecule has 3 heteroatoms. The molecule has 2 aliphatic rings. The molecule has 0 aromatic carbocycles. The van der Waals surface area contributed by atoms with Gasteiger partial charge in [-0.1, -0.05) is 18.2 Å². The van der Waals surface area contributed by atoms with E-state index in [9.17, 15) is 4.39 Å². The van der Waals surface area contributed by atoms with Crippen LogP contribution in [0.15, 0.2) is 23.8 Å². The van der Waals surface area contributed by atoms with Crippen LogP contribution in [-0.2, 0) is 4.74 Å². The third kappa shape index (κ3) is 2.17. The summed E-state index contributed by atoms with van der Waals surface area (Å²) in [6, 6.07) is 0.262. The fourth-order valence-electron chi connectivity index (χ4n) is 1.65. The van der Waals surface area contributed by atoms with Crippen molar-refractivity contribution in [3.8, 4) is 0 Å². The Morgan fingerprint density at radius 3 is 3.08 bits per heavy atom. The SMILES string of the molecule is FC1C=CC([C@H]2COCCN2)=CC1. The van der Waals surface area contributed by atoms with Gasteiger partial charge in [-0.3, -0.25) is 0 Å². The molecule has 0 bridgehead atoms. The normalized spacial score (nSPS) is 34.4. The summed E-state index contributed by atoms with van der Waals surface area (Å²) in [4.78, 5) is 0. The number of hydrogen-bond acceptors (Lipinski definition) is 2. The first-order valence-electron chi connectivity index (χ1n) is 4.70. The lowest BCUT2D eigenvalue weighted by Gasteiger charge is -2.26. The average molecular weight is 183 g/mol. The molecule has 0 aromatic heterocycles. The molecule has 1 unspecified atom stereocenters. The van der Waals surface area contributed by atoms with Crippen LogP contribution in [0.25, 0.3) is 0 Å². The summed E-state index contributed by atoms with van der Waals surface area (Å²) < 4.78 is 18.1. The summed E-state index contributed by atoms with van der Waals surface area (Å²) in [6.07, 6.45) is 5.14. The van der Waals surface area contributed by atoms with Crippen LogP contribution < -0.4 is 5.32 Å². The van der Waals surface area contributed by atoms with Crippen LogP contribution >= 0.6 is 0 Å². The topological polar surface area (TPSA) is 21.3 Å². The Morgan fingerprint density at radius 2 is 2.46 bits per heavy atom. The van der Waals surface area contributed by atoms with Gasteiger partial charge in [-0.05, 0) is 5.57 Å². The minimum atomic E-state index is -0.798. The maximum atomic E-state index is 12.7. The first-order valence-corrected chi connectivity index (χ1v) is 4.70. The van der Waals surface area contributed by atoms with Gasteiger partial charge in [0, 0.05) is 13.0 Å². The van der Waals surface area contributed by atoms with E-state index in [0.29, 0.717) is 13.0 Å². The fourth-order valence-corrected chi connectivity index (χ4v) is 1.65. The van der Waals surface area contributed by atoms with Crippen molar-refractivity contribution in [2.24, 2.45) is 0 Å². The highest BCUT2D eigenvalue weighted by Crippen LogP contribution is 2.17. The summed E-state index contributed by atoms with van der Waals surface area (Å²) in [5.41, 5.74) is 1.16. The van der Waals surface area contributed by atoms with Crippen LogP contribution in [0, 0.1) is 0 Å². The lowest BCUT2D eigenvalue weighted by atomic mass is 9.99. The highest BCUT2D eigenvalue weighted by molar-refractivity contribution is 5.29. The van der Waals surface area contributed by atoms with Gasteiger partial charge in [-0.2, -0.15) is 0 Å². The Labute approximate surface area is 77.5 Å². The Bertz CT molecular complexity index is 231. The molecular weight excluding hydrogens is 169 g/mol. The van der Waals surface area contributed by atoms with E-state index < -0.39 is 6.17 Å². The third-order valence-electron chi connectivity index (χ3n) is 2.40. The largest absolute Gasteiger partial charge is 0.378 e. The second kappa shape index (κ2) is 4.03. The summed E-state index contributed by atoms with van der Waals surface area (Å²) in [5, 5.41) is 3.34. The van der Waals surface area contributed by atoms with Gasteiger partial charge in [0.15, 0.2) is 0 Å². The molecule has 1 fully saturated rings. The Balaban J connectivity index is 1.96. The number of hydrogen-bond donors (Lipinski definition) is 1. The van der Waals surface area contributed by atoms with Crippen LogP contribution in [-0.4, -0.2) is 32.0 Å². The Hall–Kier alpha value is -0.670. The zero-order chi connectivity index (χ0) is 9.10. The van der Waals surface area contributed by atoms with Crippen molar-refractivity contribution in [1.29, 1.82) is 0 Å². The summed E-state index contributed by atoms with van der Waals surface area (Å²) >= 11 is 0. The molecule has 13 heavy (non-hydrogen) atoms. The van der Waals surface area contributed by atoms with Crippen molar-refractivity contribution in [3.63, 3.8) is 0 Å². The lowest BCUT2D eigenvalue weighted by molar-refractivity contribution is 0.0877. The van der Waals surface area contributed by atoms with Gasteiger partial charge < -0.3 is 10.1 Å². The van der Waals surface area contributed by atoms with Gasteiger partial charge in [0.1, 0.15) is 6.17 Å². The van der Waals surface area contributed by atoms with E-state index >= 15 is 0 Å². The minimum Gasteiger partial charge on any atom is -0.378 e. The molecular formula is C10H14FNO. The molecule has 1 saturated heterocycles. The van der Waals surface area contributed by atoms with Crippen molar-refractivity contribution in [2.45, 2.75) is 18.6 Å². The Morgan fingerprint density at radius 1 is 1.54 bits per heavy atom. The number of morpholine rings is 1. The molecule has 0 aromatic rings. The zero-order valence-corrected chi connectivity index (χ0v) is 7.50. The predicted molar refractivity (Wildman–Crippen MR) is 49.3 cm³/mol. The van der Waals surface area contributed by atoms with Crippen molar-refractivity contribution < 1.29 is 9.13 Å². The molecule has 2 atom stereocenters. The van der Waals surface area contributed by atoms with Crippen LogP contribution in [0.1, 0.15) is 6.42 Å². The van der Waals surface area contributed by atoms with Crippen LogP contribution in [0.2, 0.25) is 0 Å². The van der Waals surface area contributed by atoms with Gasteiger partial charge in [0.05, 0.1) is 19.3 Å². The second-order valence-corrected chi connectivity index (χ2v) is 3.40. The first-order chi connectivity index (χ1) is 6.36. The van der Waals surface area contributed by atoms with E-state index in [1.54, 1.807) is 6.08 Å². The fraction of sp³-hybridized carbons (Fsp3) is 0.600. The van der Waals surface area contributed by atoms with Gasteiger partial charge in [0.2, 0.25) is 0 Å². The number of nitrogens with one attached hydrogen (secondary N) is 1. The summed E-state index contributed by atoms with van der Waals surface area (Å²) in [6.45, 7) is 2.36. The molecule has 1 N–H and O–H groups in total. The standard InChI is InChI=1S/C10H14FNO/c11-9-3-1-8(2-4-9)10-7-13-6-5-12-10/h1-3,9-10,12H,4-7H2/t9?,10-/m1/s1. The molecule has 72 valence electrons. The summed E-state index contributed by atoms with van der Waals surface area (Å²) in [5.74, 6) is 0. The van der Waals surface area contributed by atoms with E-state index in [0.717, 1.165) is 18.7 Å². The van der Waals surface area contributed by atoms with E-state index in [1.807, 2.05) is 12.2 Å².